The van der Waals surface area contributed by atoms with E-state index >= 15 is 0 Å². The summed E-state index contributed by atoms with van der Waals surface area (Å²) < 4.78 is 0. The standard InChI is InChI=1S/C21H19NO/c23-22-21(19-14-8-3-9-15-19)16-20(17-10-4-1-5-11-17)18-12-6-2-7-13-18/h1-15,20,23H,16H2/b22-21+. The third-order valence-electron chi connectivity index (χ3n) is 4.03. The second-order valence-electron chi connectivity index (χ2n) is 5.49. The zero-order valence-corrected chi connectivity index (χ0v) is 12.8. The molecular formula is C21H19NO. The van der Waals surface area contributed by atoms with Crippen LogP contribution in [0.5, 0.6) is 0 Å². The Balaban J connectivity index is 1.96. The number of rotatable bonds is 5. The Hall–Kier alpha value is -2.87. The summed E-state index contributed by atoms with van der Waals surface area (Å²) >= 11 is 0. The lowest BCUT2D eigenvalue weighted by molar-refractivity contribution is 0.317. The lowest BCUT2D eigenvalue weighted by atomic mass is 9.85. The second kappa shape index (κ2) is 7.41. The molecule has 0 fully saturated rings. The molecule has 3 aromatic rings. The van der Waals surface area contributed by atoms with E-state index in [-0.39, 0.29) is 5.92 Å². The highest BCUT2D eigenvalue weighted by atomic mass is 16.4. The molecule has 2 nitrogen and oxygen atoms in total. The molecule has 0 spiro atoms. The average Bonchev–Trinajstić information content (AvgIpc) is 2.65. The maximum Gasteiger partial charge on any atom is 0.0877 e. The molecule has 0 radical (unpaired) electrons. The first-order valence-corrected chi connectivity index (χ1v) is 7.74. The number of nitrogens with zero attached hydrogens (tertiary/aromatic N) is 1. The Bertz CT molecular complexity index is 712. The lowest BCUT2D eigenvalue weighted by Gasteiger charge is -2.19. The molecule has 0 aliphatic carbocycles. The third-order valence-corrected chi connectivity index (χ3v) is 4.03. The third kappa shape index (κ3) is 3.67. The van der Waals surface area contributed by atoms with Crippen molar-refractivity contribution in [1.29, 1.82) is 0 Å². The summed E-state index contributed by atoms with van der Waals surface area (Å²) in [6.45, 7) is 0. The smallest absolute Gasteiger partial charge is 0.0877 e. The minimum atomic E-state index is 0.156. The normalized spacial score (nSPS) is 11.6. The average molecular weight is 301 g/mol. The molecule has 0 aliphatic rings. The van der Waals surface area contributed by atoms with Gasteiger partial charge in [-0.05, 0) is 16.7 Å². The Labute approximate surface area is 136 Å². The van der Waals surface area contributed by atoms with Crippen molar-refractivity contribution in [2.45, 2.75) is 12.3 Å². The largest absolute Gasteiger partial charge is 0.411 e. The molecule has 0 heterocycles. The van der Waals surface area contributed by atoms with Crippen LogP contribution in [0.25, 0.3) is 0 Å². The fourth-order valence-corrected chi connectivity index (χ4v) is 2.84. The van der Waals surface area contributed by atoms with Gasteiger partial charge in [0, 0.05) is 12.3 Å². The van der Waals surface area contributed by atoms with Crippen LogP contribution in [0.2, 0.25) is 0 Å². The van der Waals surface area contributed by atoms with E-state index in [2.05, 4.69) is 29.4 Å². The van der Waals surface area contributed by atoms with Gasteiger partial charge >= 0.3 is 0 Å². The maximum absolute atomic E-state index is 9.51. The first-order valence-electron chi connectivity index (χ1n) is 7.74. The van der Waals surface area contributed by atoms with E-state index in [0.29, 0.717) is 12.1 Å². The molecule has 23 heavy (non-hydrogen) atoms. The minimum Gasteiger partial charge on any atom is -0.411 e. The van der Waals surface area contributed by atoms with Crippen LogP contribution in [0.3, 0.4) is 0 Å². The van der Waals surface area contributed by atoms with E-state index in [9.17, 15) is 5.21 Å². The van der Waals surface area contributed by atoms with Crippen LogP contribution < -0.4 is 0 Å². The first kappa shape index (κ1) is 15.0. The van der Waals surface area contributed by atoms with Crippen molar-refractivity contribution >= 4 is 5.71 Å². The monoisotopic (exact) mass is 301 g/mol. The van der Waals surface area contributed by atoms with E-state index in [1.54, 1.807) is 0 Å². The number of oxime groups is 1. The Morgan fingerprint density at radius 1 is 0.696 bits per heavy atom. The summed E-state index contributed by atoms with van der Waals surface area (Å²) in [7, 11) is 0. The summed E-state index contributed by atoms with van der Waals surface area (Å²) in [5.41, 5.74) is 4.08. The molecule has 0 amide bonds. The zero-order valence-electron chi connectivity index (χ0n) is 12.8. The molecule has 3 rings (SSSR count). The van der Waals surface area contributed by atoms with Crippen molar-refractivity contribution in [1.82, 2.24) is 0 Å². The van der Waals surface area contributed by atoms with Crippen molar-refractivity contribution in [2.24, 2.45) is 5.16 Å². The van der Waals surface area contributed by atoms with Crippen molar-refractivity contribution in [2.75, 3.05) is 0 Å². The van der Waals surface area contributed by atoms with Gasteiger partial charge in [-0.2, -0.15) is 0 Å². The van der Waals surface area contributed by atoms with E-state index in [1.165, 1.54) is 11.1 Å². The van der Waals surface area contributed by atoms with E-state index in [0.717, 1.165) is 5.56 Å². The van der Waals surface area contributed by atoms with E-state index < -0.39 is 0 Å². The summed E-state index contributed by atoms with van der Waals surface area (Å²) in [5.74, 6) is 0.156. The molecule has 0 atom stereocenters. The van der Waals surface area contributed by atoms with Gasteiger partial charge in [-0.25, -0.2) is 0 Å². The molecule has 0 bridgehead atoms. The summed E-state index contributed by atoms with van der Waals surface area (Å²) in [6, 6.07) is 30.5. The highest BCUT2D eigenvalue weighted by Gasteiger charge is 2.18. The second-order valence-corrected chi connectivity index (χ2v) is 5.49. The Morgan fingerprint density at radius 3 is 1.57 bits per heavy atom. The van der Waals surface area contributed by atoms with Gasteiger partial charge in [-0.3, -0.25) is 0 Å². The van der Waals surface area contributed by atoms with Crippen LogP contribution in [-0.2, 0) is 0 Å². The van der Waals surface area contributed by atoms with E-state index in [1.807, 2.05) is 66.7 Å². The number of hydrogen-bond acceptors (Lipinski definition) is 2. The number of benzene rings is 3. The molecule has 3 aromatic carbocycles. The Morgan fingerprint density at radius 2 is 1.13 bits per heavy atom. The van der Waals surface area contributed by atoms with Crippen molar-refractivity contribution in [3.05, 3.63) is 108 Å². The van der Waals surface area contributed by atoms with Gasteiger partial charge in [-0.1, -0.05) is 96.2 Å². The quantitative estimate of drug-likeness (QED) is 0.397. The van der Waals surface area contributed by atoms with Crippen LogP contribution in [0, 0.1) is 0 Å². The van der Waals surface area contributed by atoms with Gasteiger partial charge in [0.05, 0.1) is 5.71 Å². The molecule has 0 saturated carbocycles. The highest BCUT2D eigenvalue weighted by Crippen LogP contribution is 2.29. The number of hydrogen-bond donors (Lipinski definition) is 1. The van der Waals surface area contributed by atoms with Crippen LogP contribution in [0.1, 0.15) is 29.0 Å². The van der Waals surface area contributed by atoms with E-state index in [4.69, 9.17) is 0 Å². The summed E-state index contributed by atoms with van der Waals surface area (Å²) in [4.78, 5) is 0. The molecular weight excluding hydrogens is 282 g/mol. The first-order chi connectivity index (χ1) is 11.4. The highest BCUT2D eigenvalue weighted by molar-refractivity contribution is 6.00. The molecule has 1 N–H and O–H groups in total. The summed E-state index contributed by atoms with van der Waals surface area (Å²) in [5, 5.41) is 13.1. The zero-order chi connectivity index (χ0) is 15.9. The van der Waals surface area contributed by atoms with Gasteiger partial charge in [0.2, 0.25) is 0 Å². The fraction of sp³-hybridized carbons (Fsp3) is 0.0952. The predicted molar refractivity (Wildman–Crippen MR) is 94.1 cm³/mol. The fourth-order valence-electron chi connectivity index (χ4n) is 2.84. The summed E-state index contributed by atoms with van der Waals surface area (Å²) in [6.07, 6.45) is 0.647. The van der Waals surface area contributed by atoms with Crippen molar-refractivity contribution in [3.63, 3.8) is 0 Å². The van der Waals surface area contributed by atoms with Gasteiger partial charge < -0.3 is 5.21 Å². The molecule has 0 saturated heterocycles. The van der Waals surface area contributed by atoms with Crippen LogP contribution in [0.15, 0.2) is 96.2 Å². The van der Waals surface area contributed by atoms with Gasteiger partial charge in [0.15, 0.2) is 0 Å². The molecule has 0 aromatic heterocycles. The molecule has 0 aliphatic heterocycles. The molecule has 2 heteroatoms. The van der Waals surface area contributed by atoms with Crippen LogP contribution in [-0.4, -0.2) is 10.9 Å². The molecule has 114 valence electrons. The SMILES string of the molecule is O/N=C(\CC(c1ccccc1)c1ccccc1)c1ccccc1. The van der Waals surface area contributed by atoms with Gasteiger partial charge in [0.1, 0.15) is 0 Å². The Kier molecular flexibility index (Phi) is 4.85. The maximum atomic E-state index is 9.51. The van der Waals surface area contributed by atoms with Crippen LogP contribution in [0.4, 0.5) is 0 Å². The van der Waals surface area contributed by atoms with Crippen molar-refractivity contribution in [3.8, 4) is 0 Å². The van der Waals surface area contributed by atoms with Crippen molar-refractivity contribution < 1.29 is 5.21 Å². The van der Waals surface area contributed by atoms with Gasteiger partial charge in [-0.15, -0.1) is 0 Å². The van der Waals surface area contributed by atoms with Gasteiger partial charge in [0.25, 0.3) is 0 Å². The molecule has 0 unspecified atom stereocenters. The minimum absolute atomic E-state index is 0.156. The lowest BCUT2D eigenvalue weighted by Crippen LogP contribution is -2.10. The van der Waals surface area contributed by atoms with Crippen LogP contribution >= 0.6 is 0 Å². The topological polar surface area (TPSA) is 32.6 Å². The predicted octanol–water partition coefficient (Wildman–Crippen LogP) is 5.09.